The van der Waals surface area contributed by atoms with Crippen LogP contribution in [0.3, 0.4) is 0 Å². The molecule has 3 aromatic carbocycles. The van der Waals surface area contributed by atoms with E-state index < -0.39 is 0 Å². The number of aliphatic imine (C=N–C) groups is 1. The van der Waals surface area contributed by atoms with Crippen molar-refractivity contribution in [3.8, 4) is 11.5 Å². The summed E-state index contributed by atoms with van der Waals surface area (Å²) in [7, 11) is 0. The topological polar surface area (TPSA) is 34.1 Å². The second-order valence-corrected chi connectivity index (χ2v) is 7.78. The third-order valence-corrected chi connectivity index (χ3v) is 5.61. The van der Waals surface area contributed by atoms with Crippen molar-refractivity contribution in [1.82, 2.24) is 4.31 Å². The predicted molar refractivity (Wildman–Crippen MR) is 119 cm³/mol. The highest BCUT2D eigenvalue weighted by atomic mass is 32.2. The monoisotopic (exact) mass is 404 g/mol. The number of rotatable bonds is 9. The Morgan fingerprint density at radius 2 is 1.41 bits per heavy atom. The van der Waals surface area contributed by atoms with E-state index in [-0.39, 0.29) is 0 Å². The van der Waals surface area contributed by atoms with Gasteiger partial charge in [-0.1, -0.05) is 66.7 Å². The molecule has 0 aliphatic carbocycles. The highest BCUT2D eigenvalue weighted by Gasteiger charge is 2.11. The Labute approximate surface area is 176 Å². The van der Waals surface area contributed by atoms with Crippen molar-refractivity contribution < 1.29 is 9.47 Å². The van der Waals surface area contributed by atoms with E-state index in [1.54, 1.807) is 11.9 Å². The van der Waals surface area contributed by atoms with E-state index in [4.69, 9.17) is 9.47 Å². The lowest BCUT2D eigenvalue weighted by Crippen LogP contribution is -2.10. The van der Waals surface area contributed by atoms with Crippen LogP contribution in [0, 0.1) is 0 Å². The van der Waals surface area contributed by atoms with E-state index in [0.717, 1.165) is 41.5 Å². The van der Waals surface area contributed by atoms with Gasteiger partial charge in [0, 0.05) is 5.75 Å². The third kappa shape index (κ3) is 5.78. The van der Waals surface area contributed by atoms with Gasteiger partial charge in [-0.15, -0.1) is 0 Å². The van der Waals surface area contributed by atoms with Crippen LogP contribution in [0.5, 0.6) is 11.5 Å². The fraction of sp³-hybridized carbons (Fsp3) is 0.208. The minimum atomic E-state index is 0.512. The Balaban J connectivity index is 1.46. The van der Waals surface area contributed by atoms with Crippen molar-refractivity contribution in [2.45, 2.75) is 19.0 Å². The second kappa shape index (κ2) is 10.0. The molecule has 0 unspecified atom stereocenters. The lowest BCUT2D eigenvalue weighted by atomic mass is 10.2. The highest BCUT2D eigenvalue weighted by molar-refractivity contribution is 7.96. The lowest BCUT2D eigenvalue weighted by Gasteiger charge is -2.16. The summed E-state index contributed by atoms with van der Waals surface area (Å²) in [6.07, 6.45) is 1.91. The van der Waals surface area contributed by atoms with E-state index >= 15 is 0 Å². The molecule has 5 heteroatoms. The molecule has 3 aromatic rings. The summed E-state index contributed by atoms with van der Waals surface area (Å²) >= 11 is 1.76. The number of hydrogen-bond acceptors (Lipinski definition) is 5. The zero-order valence-electron chi connectivity index (χ0n) is 16.2. The molecule has 148 valence electrons. The fourth-order valence-corrected chi connectivity index (χ4v) is 3.80. The molecule has 1 aliphatic heterocycles. The van der Waals surface area contributed by atoms with Gasteiger partial charge >= 0.3 is 0 Å². The smallest absolute Gasteiger partial charge is 0.162 e. The molecule has 4 nitrogen and oxygen atoms in total. The summed E-state index contributed by atoms with van der Waals surface area (Å²) in [4.78, 5) is 4.26. The zero-order chi connectivity index (χ0) is 19.7. The lowest BCUT2D eigenvalue weighted by molar-refractivity contribution is 0.256. The maximum Gasteiger partial charge on any atom is 0.162 e. The Morgan fingerprint density at radius 3 is 2.03 bits per heavy atom. The minimum Gasteiger partial charge on any atom is -0.485 e. The largest absolute Gasteiger partial charge is 0.485 e. The summed E-state index contributed by atoms with van der Waals surface area (Å²) in [6, 6.07) is 26.6. The molecule has 0 aromatic heterocycles. The average Bonchev–Trinajstić information content (AvgIpc) is 3.30. The van der Waals surface area contributed by atoms with Gasteiger partial charge in [-0.2, -0.15) is 0 Å². The summed E-state index contributed by atoms with van der Waals surface area (Å²) < 4.78 is 14.4. The van der Waals surface area contributed by atoms with E-state index in [1.165, 1.54) is 5.56 Å². The number of nitrogens with zero attached hydrogens (tertiary/aromatic N) is 2. The minimum absolute atomic E-state index is 0.512. The molecule has 1 heterocycles. The van der Waals surface area contributed by atoms with E-state index in [0.29, 0.717) is 13.2 Å². The molecule has 1 aliphatic rings. The van der Waals surface area contributed by atoms with Crippen LogP contribution in [-0.2, 0) is 19.0 Å². The first-order chi connectivity index (χ1) is 14.4. The normalized spacial score (nSPS) is 12.9. The first kappa shape index (κ1) is 19.4. The fourth-order valence-electron chi connectivity index (χ4n) is 2.96. The second-order valence-electron chi connectivity index (χ2n) is 6.77. The first-order valence-corrected chi connectivity index (χ1v) is 10.7. The molecule has 0 N–H and O–H groups in total. The molecule has 0 spiro atoms. The van der Waals surface area contributed by atoms with Crippen LogP contribution in [0.2, 0.25) is 0 Å². The van der Waals surface area contributed by atoms with Crippen LogP contribution in [-0.4, -0.2) is 23.7 Å². The summed E-state index contributed by atoms with van der Waals surface area (Å²) in [5.41, 5.74) is 3.47. The van der Waals surface area contributed by atoms with Crippen LogP contribution in [0.25, 0.3) is 0 Å². The van der Waals surface area contributed by atoms with Crippen LogP contribution in [0.1, 0.15) is 16.7 Å². The molecular formula is C24H24N2O2S. The summed E-state index contributed by atoms with van der Waals surface area (Å²) in [6.45, 7) is 2.88. The van der Waals surface area contributed by atoms with Gasteiger partial charge in [0.1, 0.15) is 13.2 Å². The molecule has 0 amide bonds. The quantitative estimate of drug-likeness (QED) is 0.451. The Morgan fingerprint density at radius 1 is 0.759 bits per heavy atom. The van der Waals surface area contributed by atoms with E-state index in [1.807, 2.05) is 48.8 Å². The maximum absolute atomic E-state index is 6.15. The van der Waals surface area contributed by atoms with Crippen molar-refractivity contribution in [3.05, 3.63) is 95.6 Å². The van der Waals surface area contributed by atoms with Crippen molar-refractivity contribution in [2.75, 3.05) is 13.1 Å². The first-order valence-electron chi connectivity index (χ1n) is 9.73. The number of ether oxygens (including phenoxy) is 2. The molecule has 4 rings (SSSR count). The van der Waals surface area contributed by atoms with Crippen LogP contribution >= 0.6 is 11.9 Å². The summed E-state index contributed by atoms with van der Waals surface area (Å²) in [5.74, 6) is 2.41. The van der Waals surface area contributed by atoms with E-state index in [9.17, 15) is 0 Å². The van der Waals surface area contributed by atoms with Gasteiger partial charge in [-0.3, -0.25) is 4.99 Å². The van der Waals surface area contributed by atoms with Gasteiger partial charge in [0.05, 0.1) is 19.4 Å². The third-order valence-electron chi connectivity index (χ3n) is 4.54. The standard InChI is InChI=1S/C24H24N2O2S/c1-3-7-20(8-4-1)16-27-23-12-11-22(18-29-26-14-13-25-19-26)15-24(23)28-17-21-9-5-2-6-10-21/h1-12,15,19H,13-14,16-18H2. The number of benzene rings is 3. The molecule has 0 saturated carbocycles. The Hall–Kier alpha value is -2.92. The van der Waals surface area contributed by atoms with Crippen molar-refractivity contribution in [1.29, 1.82) is 0 Å². The molecule has 0 fully saturated rings. The van der Waals surface area contributed by atoms with Crippen LogP contribution in [0.15, 0.2) is 83.9 Å². The van der Waals surface area contributed by atoms with Crippen LogP contribution in [0.4, 0.5) is 0 Å². The van der Waals surface area contributed by atoms with Gasteiger partial charge in [0.25, 0.3) is 0 Å². The highest BCUT2D eigenvalue weighted by Crippen LogP contribution is 2.32. The van der Waals surface area contributed by atoms with Gasteiger partial charge < -0.3 is 13.8 Å². The molecule has 0 atom stereocenters. The molecule has 0 bridgehead atoms. The average molecular weight is 405 g/mol. The SMILES string of the molecule is C1=NCCN1SCc1ccc(OCc2ccccc2)c(OCc2ccccc2)c1. The predicted octanol–water partition coefficient (Wildman–Crippen LogP) is 5.34. The maximum atomic E-state index is 6.15. The molecule has 29 heavy (non-hydrogen) atoms. The van der Waals surface area contributed by atoms with Crippen molar-refractivity contribution in [2.24, 2.45) is 4.99 Å². The summed E-state index contributed by atoms with van der Waals surface area (Å²) in [5, 5.41) is 0. The Kier molecular flexibility index (Phi) is 6.71. The van der Waals surface area contributed by atoms with Gasteiger partial charge in [0.15, 0.2) is 11.5 Å². The molecule has 0 radical (unpaired) electrons. The van der Waals surface area contributed by atoms with Crippen molar-refractivity contribution >= 4 is 18.3 Å². The number of hydrogen-bond donors (Lipinski definition) is 0. The van der Waals surface area contributed by atoms with E-state index in [2.05, 4.69) is 45.7 Å². The van der Waals surface area contributed by atoms with Gasteiger partial charge in [-0.05, 0) is 40.8 Å². The van der Waals surface area contributed by atoms with Gasteiger partial charge in [0.2, 0.25) is 0 Å². The van der Waals surface area contributed by atoms with Gasteiger partial charge in [-0.25, -0.2) is 0 Å². The van der Waals surface area contributed by atoms with Crippen LogP contribution < -0.4 is 9.47 Å². The Bertz CT molecular complexity index is 932. The molecular weight excluding hydrogens is 380 g/mol. The molecule has 0 saturated heterocycles. The zero-order valence-corrected chi connectivity index (χ0v) is 17.1. The van der Waals surface area contributed by atoms with Crippen molar-refractivity contribution in [3.63, 3.8) is 0 Å².